The molecule has 1 aromatic rings. The first-order valence-corrected chi connectivity index (χ1v) is 8.79. The van der Waals surface area contributed by atoms with E-state index in [4.69, 9.17) is 0 Å². The molecule has 146 valence electrons. The number of benzene rings is 1. The van der Waals surface area contributed by atoms with Crippen LogP contribution in [0, 0.1) is 0 Å². The molecule has 0 atom stereocenters. The predicted octanol–water partition coefficient (Wildman–Crippen LogP) is 1.71. The molecular weight excluding hydrogens is 375 g/mol. The van der Waals surface area contributed by atoms with Crippen molar-refractivity contribution in [1.82, 2.24) is 14.7 Å². The van der Waals surface area contributed by atoms with E-state index in [2.05, 4.69) is 10.2 Å². The number of hydrogen-bond donors (Lipinski definition) is 1. The molecule has 2 aliphatic heterocycles. The van der Waals surface area contributed by atoms with Crippen molar-refractivity contribution in [2.24, 2.45) is 0 Å². The number of carbonyl (C=O) groups is 2. The van der Waals surface area contributed by atoms with Gasteiger partial charge in [0.15, 0.2) is 0 Å². The molecule has 2 aliphatic rings. The van der Waals surface area contributed by atoms with Gasteiger partial charge in [0.25, 0.3) is 0 Å². The molecule has 1 aromatic carbocycles. The zero-order valence-electron chi connectivity index (χ0n) is 14.9. The van der Waals surface area contributed by atoms with Gasteiger partial charge in [-0.1, -0.05) is 18.2 Å². The van der Waals surface area contributed by atoms with Crippen LogP contribution in [-0.4, -0.2) is 78.9 Å². The van der Waals surface area contributed by atoms with E-state index in [9.17, 15) is 9.59 Å². The van der Waals surface area contributed by atoms with E-state index in [1.165, 1.54) is 0 Å². The number of nitrogens with zero attached hydrogens (tertiary/aromatic N) is 3. The van der Waals surface area contributed by atoms with Gasteiger partial charge in [-0.05, 0) is 25.0 Å². The van der Waals surface area contributed by atoms with Gasteiger partial charge in [0.2, 0.25) is 11.8 Å². The lowest BCUT2D eigenvalue weighted by atomic mass is 10.3. The van der Waals surface area contributed by atoms with E-state index in [0.29, 0.717) is 26.2 Å². The summed E-state index contributed by atoms with van der Waals surface area (Å²) in [5, 5.41) is 3.16. The van der Waals surface area contributed by atoms with Crippen LogP contribution in [0.5, 0.6) is 0 Å². The van der Waals surface area contributed by atoms with Crippen LogP contribution in [0.1, 0.15) is 12.8 Å². The van der Waals surface area contributed by atoms with Gasteiger partial charge in [0, 0.05) is 45.0 Å². The number of carbonyl (C=O) groups excluding carboxylic acids is 2. The summed E-state index contributed by atoms with van der Waals surface area (Å²) in [5.74, 6) is 0.349. The largest absolute Gasteiger partial charge is 0.376 e. The Labute approximate surface area is 167 Å². The Hall–Kier alpha value is -1.50. The molecule has 6 nitrogen and oxygen atoms in total. The molecule has 8 heteroatoms. The van der Waals surface area contributed by atoms with E-state index in [1.807, 2.05) is 40.1 Å². The van der Waals surface area contributed by atoms with E-state index in [1.54, 1.807) is 0 Å². The van der Waals surface area contributed by atoms with Crippen molar-refractivity contribution in [2.75, 3.05) is 57.7 Å². The SMILES string of the molecule is Cl.Cl.O=C(CNc1ccccc1)N1CCN(CC(=O)N2CCCC2)CC1. The van der Waals surface area contributed by atoms with Crippen LogP contribution in [0.25, 0.3) is 0 Å². The van der Waals surface area contributed by atoms with Crippen molar-refractivity contribution in [3.8, 4) is 0 Å². The van der Waals surface area contributed by atoms with Gasteiger partial charge in [-0.25, -0.2) is 0 Å². The third-order valence-electron chi connectivity index (χ3n) is 4.76. The highest BCUT2D eigenvalue weighted by Gasteiger charge is 2.25. The van der Waals surface area contributed by atoms with Crippen LogP contribution in [0.3, 0.4) is 0 Å². The van der Waals surface area contributed by atoms with E-state index in [-0.39, 0.29) is 36.6 Å². The summed E-state index contributed by atoms with van der Waals surface area (Å²) in [4.78, 5) is 30.5. The second-order valence-corrected chi connectivity index (χ2v) is 6.46. The maximum absolute atomic E-state index is 12.3. The van der Waals surface area contributed by atoms with E-state index in [0.717, 1.165) is 44.7 Å². The fourth-order valence-electron chi connectivity index (χ4n) is 3.26. The molecule has 0 saturated carbocycles. The molecule has 0 aliphatic carbocycles. The second-order valence-electron chi connectivity index (χ2n) is 6.46. The van der Waals surface area contributed by atoms with Gasteiger partial charge in [0.1, 0.15) is 0 Å². The number of hydrogen-bond acceptors (Lipinski definition) is 4. The molecule has 1 N–H and O–H groups in total. The van der Waals surface area contributed by atoms with Gasteiger partial charge >= 0.3 is 0 Å². The number of likely N-dealkylation sites (tertiary alicyclic amines) is 1. The molecule has 0 aromatic heterocycles. The summed E-state index contributed by atoms with van der Waals surface area (Å²) in [6, 6.07) is 9.76. The molecule has 2 saturated heterocycles. The van der Waals surface area contributed by atoms with Crippen LogP contribution in [0.4, 0.5) is 5.69 Å². The van der Waals surface area contributed by atoms with Gasteiger partial charge in [-0.2, -0.15) is 0 Å². The number of para-hydroxylation sites is 1. The van der Waals surface area contributed by atoms with Crippen molar-refractivity contribution in [1.29, 1.82) is 0 Å². The molecule has 0 bridgehead atoms. The van der Waals surface area contributed by atoms with Crippen molar-refractivity contribution in [2.45, 2.75) is 12.8 Å². The van der Waals surface area contributed by atoms with Crippen molar-refractivity contribution < 1.29 is 9.59 Å². The lowest BCUT2D eigenvalue weighted by Crippen LogP contribution is -2.52. The Morgan fingerprint density at radius 3 is 2.00 bits per heavy atom. The van der Waals surface area contributed by atoms with Crippen molar-refractivity contribution in [3.63, 3.8) is 0 Å². The predicted molar refractivity (Wildman–Crippen MR) is 108 cm³/mol. The van der Waals surface area contributed by atoms with Crippen LogP contribution >= 0.6 is 24.8 Å². The molecule has 0 spiro atoms. The number of nitrogens with one attached hydrogen (secondary N) is 1. The number of amides is 2. The van der Waals surface area contributed by atoms with Crippen molar-refractivity contribution >= 4 is 42.3 Å². The number of rotatable bonds is 5. The average Bonchev–Trinajstić information content (AvgIpc) is 3.16. The average molecular weight is 403 g/mol. The molecule has 0 radical (unpaired) electrons. The highest BCUT2D eigenvalue weighted by Crippen LogP contribution is 2.10. The minimum Gasteiger partial charge on any atom is -0.376 e. The third-order valence-corrected chi connectivity index (χ3v) is 4.76. The number of piperazine rings is 1. The first kappa shape index (κ1) is 22.5. The Bertz CT molecular complexity index is 560. The molecule has 26 heavy (non-hydrogen) atoms. The van der Waals surface area contributed by atoms with Crippen LogP contribution in [-0.2, 0) is 9.59 Å². The maximum Gasteiger partial charge on any atom is 0.241 e. The molecule has 0 unspecified atom stereocenters. The zero-order valence-corrected chi connectivity index (χ0v) is 16.6. The maximum atomic E-state index is 12.3. The smallest absolute Gasteiger partial charge is 0.241 e. The fraction of sp³-hybridized carbons (Fsp3) is 0.556. The minimum atomic E-state index is 0. The molecule has 3 rings (SSSR count). The van der Waals surface area contributed by atoms with E-state index < -0.39 is 0 Å². The summed E-state index contributed by atoms with van der Waals surface area (Å²) in [5.41, 5.74) is 0.959. The summed E-state index contributed by atoms with van der Waals surface area (Å²) in [6.07, 6.45) is 2.25. The molecule has 2 amide bonds. The van der Waals surface area contributed by atoms with E-state index >= 15 is 0 Å². The van der Waals surface area contributed by atoms with Crippen molar-refractivity contribution in [3.05, 3.63) is 30.3 Å². The minimum absolute atomic E-state index is 0. The van der Waals surface area contributed by atoms with Gasteiger partial charge < -0.3 is 15.1 Å². The zero-order chi connectivity index (χ0) is 16.8. The topological polar surface area (TPSA) is 55.9 Å². The molecule has 2 heterocycles. The summed E-state index contributed by atoms with van der Waals surface area (Å²) in [6.45, 7) is 5.56. The highest BCUT2D eigenvalue weighted by molar-refractivity contribution is 5.85. The standard InChI is InChI=1S/C18H26N4O2.2ClH/c23-17(14-19-16-6-2-1-3-7-16)22-12-10-20(11-13-22)15-18(24)21-8-4-5-9-21;;/h1-3,6-7,19H,4-5,8-15H2;2*1H. The summed E-state index contributed by atoms with van der Waals surface area (Å²) >= 11 is 0. The third kappa shape index (κ3) is 6.34. The lowest BCUT2D eigenvalue weighted by molar-refractivity contribution is -0.133. The second kappa shape index (κ2) is 11.3. The normalized spacial score (nSPS) is 17.2. The van der Waals surface area contributed by atoms with Crippen LogP contribution in [0.2, 0.25) is 0 Å². The van der Waals surface area contributed by atoms with Crippen LogP contribution in [0.15, 0.2) is 30.3 Å². The first-order chi connectivity index (χ1) is 11.7. The molecule has 2 fully saturated rings. The summed E-state index contributed by atoms with van der Waals surface area (Å²) in [7, 11) is 0. The summed E-state index contributed by atoms with van der Waals surface area (Å²) < 4.78 is 0. The monoisotopic (exact) mass is 402 g/mol. The fourth-order valence-corrected chi connectivity index (χ4v) is 3.26. The van der Waals surface area contributed by atoms with Gasteiger partial charge in [-0.15, -0.1) is 24.8 Å². The lowest BCUT2D eigenvalue weighted by Gasteiger charge is -2.35. The Morgan fingerprint density at radius 2 is 1.38 bits per heavy atom. The van der Waals surface area contributed by atoms with Crippen LogP contribution < -0.4 is 5.32 Å². The Balaban J connectivity index is 0.00000169. The molecular formula is C18H28Cl2N4O2. The van der Waals surface area contributed by atoms with Gasteiger partial charge in [-0.3, -0.25) is 14.5 Å². The first-order valence-electron chi connectivity index (χ1n) is 8.79. The van der Waals surface area contributed by atoms with Gasteiger partial charge in [0.05, 0.1) is 13.1 Å². The number of halogens is 2. The Kier molecular flexibility index (Phi) is 9.76. The number of anilines is 1. The Morgan fingerprint density at radius 1 is 0.808 bits per heavy atom. The highest BCUT2D eigenvalue weighted by atomic mass is 35.5. The quantitative estimate of drug-likeness (QED) is 0.814.